The summed E-state index contributed by atoms with van der Waals surface area (Å²) in [7, 11) is 2.92. The molecule has 0 heterocycles. The van der Waals surface area contributed by atoms with Crippen molar-refractivity contribution in [2.45, 2.75) is 89.9 Å². The van der Waals surface area contributed by atoms with E-state index in [1.54, 1.807) is 0 Å². The van der Waals surface area contributed by atoms with Gasteiger partial charge in [0.1, 0.15) is 25.1 Å². The van der Waals surface area contributed by atoms with E-state index in [2.05, 4.69) is 22.8 Å². The quantitative estimate of drug-likeness (QED) is 0.0190. The van der Waals surface area contributed by atoms with Gasteiger partial charge in [0.2, 0.25) is 0 Å². The van der Waals surface area contributed by atoms with Crippen LogP contribution in [-0.4, -0.2) is 91.6 Å². The number of allylic oxidation sites excluding steroid dienone is 2. The van der Waals surface area contributed by atoms with Crippen LogP contribution in [0.5, 0.6) is 5.75 Å². The Morgan fingerprint density at radius 3 is 2.16 bits per heavy atom. The Morgan fingerprint density at radius 1 is 0.816 bits per heavy atom. The number of carbonyl (C=O) groups excluding carboxylic acids is 3. The van der Waals surface area contributed by atoms with E-state index in [0.717, 1.165) is 32.1 Å². The van der Waals surface area contributed by atoms with E-state index in [9.17, 15) is 24.5 Å². The minimum absolute atomic E-state index is 0.0424. The first-order valence-electron chi connectivity index (χ1n) is 16.5. The topological polar surface area (TPSA) is 174 Å². The molecule has 0 bridgehead atoms. The van der Waals surface area contributed by atoms with Crippen molar-refractivity contribution in [1.82, 2.24) is 10.6 Å². The summed E-state index contributed by atoms with van der Waals surface area (Å²) in [5.41, 5.74) is -1.02. The molecule has 49 heavy (non-hydrogen) atoms. The Hall–Kier alpha value is -3.21. The molecule has 14 nitrogen and oxygen atoms in total. The number of non-ortho nitro benzene ring substituents is 1. The molecule has 1 aromatic rings. The molecular weight excluding hydrogens is 679 g/mol. The third-order valence-electron chi connectivity index (χ3n) is 7.17. The van der Waals surface area contributed by atoms with Crippen molar-refractivity contribution in [3.05, 3.63) is 46.5 Å². The Kier molecular flexibility index (Phi) is 19.9. The molecule has 276 valence electrons. The zero-order chi connectivity index (χ0) is 36.0. The second-order valence-electron chi connectivity index (χ2n) is 12.3. The van der Waals surface area contributed by atoms with E-state index < -0.39 is 34.5 Å². The zero-order valence-electron chi connectivity index (χ0n) is 28.9. The molecule has 2 N–H and O–H groups in total. The fourth-order valence-electron chi connectivity index (χ4n) is 4.36. The van der Waals surface area contributed by atoms with Crippen molar-refractivity contribution in [3.63, 3.8) is 0 Å². The highest BCUT2D eigenvalue weighted by atomic mass is 33.1. The number of nitro benzene ring substituents is 1. The van der Waals surface area contributed by atoms with E-state index in [-0.39, 0.29) is 30.8 Å². The van der Waals surface area contributed by atoms with Gasteiger partial charge in [-0.05, 0) is 84.8 Å². The van der Waals surface area contributed by atoms with Crippen LogP contribution in [0.4, 0.5) is 20.1 Å². The van der Waals surface area contributed by atoms with Gasteiger partial charge < -0.3 is 39.1 Å². The molecule has 0 spiro atoms. The minimum atomic E-state index is -0.899. The molecular formula is C33H51N3O11S2. The first-order valence-corrected chi connectivity index (χ1v) is 19.0. The van der Waals surface area contributed by atoms with Gasteiger partial charge in [0.15, 0.2) is 0 Å². The monoisotopic (exact) mass is 729 g/mol. The van der Waals surface area contributed by atoms with Crippen LogP contribution in [-0.2, 0) is 23.7 Å². The summed E-state index contributed by atoms with van der Waals surface area (Å²) in [6, 6.07) is 5.09. The Morgan fingerprint density at radius 2 is 1.45 bits per heavy atom. The number of carbonyl (C=O) groups is 3. The predicted octanol–water partition coefficient (Wildman–Crippen LogP) is 7.20. The highest BCUT2D eigenvalue weighted by molar-refractivity contribution is 8.76. The summed E-state index contributed by atoms with van der Waals surface area (Å²) in [6.07, 6.45) is 8.44. The molecule has 1 aliphatic rings. The van der Waals surface area contributed by atoms with Crippen LogP contribution in [0.3, 0.4) is 0 Å². The van der Waals surface area contributed by atoms with Crippen molar-refractivity contribution < 1.29 is 47.7 Å². The minimum Gasteiger partial charge on any atom is -0.449 e. The first-order chi connectivity index (χ1) is 23.3. The van der Waals surface area contributed by atoms with Crippen LogP contribution in [0.25, 0.3) is 0 Å². The maximum Gasteiger partial charge on any atom is 0.513 e. The Labute approximate surface area is 296 Å². The fourth-order valence-corrected chi connectivity index (χ4v) is 6.01. The average molecular weight is 730 g/mol. The van der Waals surface area contributed by atoms with Crippen LogP contribution in [0.1, 0.15) is 72.6 Å². The highest BCUT2D eigenvalue weighted by Gasteiger charge is 2.23. The second kappa shape index (κ2) is 23.2. The number of ether oxygens (including phenoxy) is 6. The highest BCUT2D eigenvalue weighted by Crippen LogP contribution is 2.22. The largest absolute Gasteiger partial charge is 0.513 e. The lowest BCUT2D eigenvalue weighted by atomic mass is 10.0. The van der Waals surface area contributed by atoms with E-state index in [1.807, 2.05) is 27.7 Å². The lowest BCUT2D eigenvalue weighted by Gasteiger charge is -2.30. The normalized spacial score (nSPS) is 15.6. The van der Waals surface area contributed by atoms with E-state index in [1.165, 1.54) is 45.9 Å². The first kappa shape index (κ1) is 42.0. The van der Waals surface area contributed by atoms with Gasteiger partial charge in [0.05, 0.1) is 29.3 Å². The van der Waals surface area contributed by atoms with Crippen molar-refractivity contribution in [2.24, 2.45) is 0 Å². The van der Waals surface area contributed by atoms with Crippen LogP contribution in [0.15, 0.2) is 36.4 Å². The van der Waals surface area contributed by atoms with Gasteiger partial charge in [-0.25, -0.2) is 14.4 Å². The van der Waals surface area contributed by atoms with Gasteiger partial charge in [-0.2, -0.15) is 0 Å². The van der Waals surface area contributed by atoms with Crippen LogP contribution >= 0.6 is 21.6 Å². The summed E-state index contributed by atoms with van der Waals surface area (Å²) < 4.78 is 32.7. The maximum absolute atomic E-state index is 12.1. The summed E-state index contributed by atoms with van der Waals surface area (Å²) in [6.45, 7) is 9.80. The summed E-state index contributed by atoms with van der Waals surface area (Å²) in [5, 5.41) is 16.2. The number of hydrogen-bond acceptors (Lipinski definition) is 13. The van der Waals surface area contributed by atoms with Gasteiger partial charge in [-0.15, -0.1) is 0 Å². The van der Waals surface area contributed by atoms with E-state index in [0.29, 0.717) is 50.7 Å². The van der Waals surface area contributed by atoms with Gasteiger partial charge in [0.25, 0.3) is 5.69 Å². The summed E-state index contributed by atoms with van der Waals surface area (Å²) >= 11 is 0. The number of amides is 2. The molecule has 1 aliphatic carbocycles. The third kappa shape index (κ3) is 20.8. The number of rotatable bonds is 21. The number of nitro groups is 1. The zero-order valence-corrected chi connectivity index (χ0v) is 30.5. The molecule has 0 aliphatic heterocycles. The molecule has 0 radical (unpaired) electrons. The number of nitrogens with zero attached hydrogens (tertiary/aromatic N) is 1. The average Bonchev–Trinajstić information content (AvgIpc) is 3.02. The molecule has 2 amide bonds. The Balaban J connectivity index is 1.44. The number of alkyl carbamates (subject to hydrolysis) is 2. The van der Waals surface area contributed by atoms with Crippen molar-refractivity contribution in [3.8, 4) is 5.75 Å². The van der Waals surface area contributed by atoms with Crippen molar-refractivity contribution >= 4 is 45.6 Å². The van der Waals surface area contributed by atoms with Gasteiger partial charge in [-0.1, -0.05) is 33.7 Å². The van der Waals surface area contributed by atoms with Gasteiger partial charge >= 0.3 is 18.3 Å². The lowest BCUT2D eigenvalue weighted by Crippen LogP contribution is -2.36. The molecule has 1 aromatic carbocycles. The fraction of sp³-hybridized carbons (Fsp3) is 0.667. The molecule has 16 heteroatoms. The van der Waals surface area contributed by atoms with Crippen molar-refractivity contribution in [2.75, 3.05) is 51.0 Å². The molecule has 0 saturated carbocycles. The SMILES string of the molecule is CC(C)(CCNC(=O)OCCSSCCOC(=O)Oc1ccc([N+](=O)[O-])cc1)OCCC(C)(C)OCCNC(=O)OC1CC/C=C/CCC1. The van der Waals surface area contributed by atoms with Crippen LogP contribution in [0.2, 0.25) is 0 Å². The number of nitrogens with one attached hydrogen (secondary N) is 2. The third-order valence-corrected chi connectivity index (χ3v) is 9.50. The van der Waals surface area contributed by atoms with E-state index >= 15 is 0 Å². The van der Waals surface area contributed by atoms with Crippen LogP contribution < -0.4 is 15.4 Å². The summed E-state index contributed by atoms with van der Waals surface area (Å²) in [5.74, 6) is 1.20. The van der Waals surface area contributed by atoms with Crippen molar-refractivity contribution in [1.29, 1.82) is 0 Å². The number of hydrogen-bond donors (Lipinski definition) is 2. The maximum atomic E-state index is 12.1. The molecule has 0 fully saturated rings. The standard InChI is InChI=1S/C33H51N3O11S2/c1-32(2,44-20-17-33(3,4)45-21-19-35-30(38)46-27-10-8-6-5-7-9-11-27)16-18-34-29(37)42-22-24-48-49-25-23-43-31(39)47-28-14-12-26(13-15-28)36(40)41/h5-6,12-15,27H,7-11,16-25H2,1-4H3,(H,34,37)(H,35,38)/b6-5+. The molecule has 0 saturated heterocycles. The Bertz CT molecular complexity index is 1180. The van der Waals surface area contributed by atoms with Gasteiger partial charge in [-0.3, -0.25) is 10.1 Å². The molecule has 0 aromatic heterocycles. The second-order valence-corrected chi connectivity index (χ2v) is 15.0. The van der Waals surface area contributed by atoms with E-state index in [4.69, 9.17) is 28.4 Å². The smallest absolute Gasteiger partial charge is 0.449 e. The molecule has 1 atom stereocenters. The number of benzene rings is 1. The van der Waals surface area contributed by atoms with Crippen LogP contribution in [0, 0.1) is 10.1 Å². The lowest BCUT2D eigenvalue weighted by molar-refractivity contribution is -0.384. The van der Waals surface area contributed by atoms with Gasteiger partial charge in [0, 0.05) is 36.7 Å². The molecule has 1 unspecified atom stereocenters. The predicted molar refractivity (Wildman–Crippen MR) is 189 cm³/mol. The molecule has 2 rings (SSSR count). The summed E-state index contributed by atoms with van der Waals surface area (Å²) in [4.78, 5) is 46.0.